The number of azide groups is 1. The van der Waals surface area contributed by atoms with Crippen molar-refractivity contribution < 1.29 is 9.59 Å². The van der Waals surface area contributed by atoms with E-state index >= 15 is 0 Å². The summed E-state index contributed by atoms with van der Waals surface area (Å²) in [6.45, 7) is 1.81. The summed E-state index contributed by atoms with van der Waals surface area (Å²) in [6.07, 6.45) is 6.97. The number of hydrogen-bond acceptors (Lipinski definition) is 4. The number of pyridine rings is 1. The smallest absolute Gasteiger partial charge is 0.257 e. The van der Waals surface area contributed by atoms with Gasteiger partial charge in [0.1, 0.15) is 0 Å². The lowest BCUT2D eigenvalue weighted by Gasteiger charge is -2.04. The summed E-state index contributed by atoms with van der Waals surface area (Å²) < 4.78 is 0. The normalized spacial score (nSPS) is 11.4. The summed E-state index contributed by atoms with van der Waals surface area (Å²) in [4.78, 5) is 29.8. The van der Waals surface area contributed by atoms with Gasteiger partial charge in [0, 0.05) is 23.0 Å². The van der Waals surface area contributed by atoms with E-state index in [-0.39, 0.29) is 5.70 Å². The third-order valence-corrected chi connectivity index (χ3v) is 3.14. The topological polar surface area (TPSA) is 108 Å². The van der Waals surface area contributed by atoms with Crippen LogP contribution in [0.1, 0.15) is 22.8 Å². The molecule has 0 atom stereocenters. The molecule has 124 valence electrons. The van der Waals surface area contributed by atoms with Gasteiger partial charge in [-0.2, -0.15) is 0 Å². The average molecular weight is 333 g/mol. The van der Waals surface area contributed by atoms with Crippen LogP contribution in [0.2, 0.25) is 0 Å². The zero-order valence-corrected chi connectivity index (χ0v) is 13.5. The van der Waals surface area contributed by atoms with Crippen molar-refractivity contribution in [2.45, 2.75) is 6.92 Å². The second-order valence-electron chi connectivity index (χ2n) is 5.08. The fourth-order valence-corrected chi connectivity index (χ4v) is 2.04. The second-order valence-corrected chi connectivity index (χ2v) is 5.08. The Balaban J connectivity index is 2.13. The zero-order valence-electron chi connectivity index (χ0n) is 13.5. The SMILES string of the molecule is CC(/C=C(/C=O)NC(=O)c1cccnc1)=C\c1ccc(N=[N+]=[N-])cc1. The number of allylic oxidation sites excluding steroid dienone is 3. The molecule has 25 heavy (non-hydrogen) atoms. The maximum absolute atomic E-state index is 12.0. The molecule has 1 aromatic carbocycles. The van der Waals surface area contributed by atoms with Gasteiger partial charge >= 0.3 is 0 Å². The van der Waals surface area contributed by atoms with Gasteiger partial charge in [-0.3, -0.25) is 14.6 Å². The van der Waals surface area contributed by atoms with E-state index in [0.29, 0.717) is 17.5 Å². The minimum absolute atomic E-state index is 0.147. The number of nitrogens with zero attached hydrogens (tertiary/aromatic N) is 4. The molecule has 0 unspecified atom stereocenters. The number of benzene rings is 1. The monoisotopic (exact) mass is 333 g/mol. The van der Waals surface area contributed by atoms with E-state index in [9.17, 15) is 9.59 Å². The van der Waals surface area contributed by atoms with Crippen molar-refractivity contribution in [2.24, 2.45) is 5.11 Å². The standard InChI is InChI=1S/C18H15N5O2/c1-13(9-14-4-6-16(7-5-14)22-23-19)10-17(12-24)21-18(25)15-3-2-8-20-11-15/h2-12H,1H3,(H,21,25)/b13-9+,17-10-. The Hall–Kier alpha value is -3.70. The predicted octanol–water partition coefficient (Wildman–Crippen LogP) is 3.94. The van der Waals surface area contributed by atoms with Gasteiger partial charge < -0.3 is 5.32 Å². The van der Waals surface area contributed by atoms with E-state index in [2.05, 4.69) is 20.3 Å². The van der Waals surface area contributed by atoms with E-state index in [0.717, 1.165) is 11.1 Å². The van der Waals surface area contributed by atoms with Gasteiger partial charge in [-0.1, -0.05) is 35.5 Å². The van der Waals surface area contributed by atoms with Gasteiger partial charge in [0.2, 0.25) is 0 Å². The van der Waals surface area contributed by atoms with Crippen LogP contribution in [-0.2, 0) is 4.79 Å². The van der Waals surface area contributed by atoms with Gasteiger partial charge in [-0.25, -0.2) is 0 Å². The molecule has 2 aromatic rings. The molecule has 1 aromatic heterocycles. The molecular weight excluding hydrogens is 318 g/mol. The number of carbonyl (C=O) groups is 2. The number of hydrogen-bond donors (Lipinski definition) is 1. The summed E-state index contributed by atoms with van der Waals surface area (Å²) in [5.41, 5.74) is 11.1. The molecule has 1 N–H and O–H groups in total. The molecule has 2 rings (SSSR count). The first kappa shape index (κ1) is 17.7. The lowest BCUT2D eigenvalue weighted by atomic mass is 10.1. The quantitative estimate of drug-likeness (QED) is 0.216. The van der Waals surface area contributed by atoms with Crippen molar-refractivity contribution in [1.82, 2.24) is 10.3 Å². The highest BCUT2D eigenvalue weighted by atomic mass is 16.2. The number of aromatic nitrogens is 1. The fraction of sp³-hybridized carbons (Fsp3) is 0.0556. The summed E-state index contributed by atoms with van der Waals surface area (Å²) in [5, 5.41) is 6.04. The Morgan fingerprint density at radius 2 is 2.04 bits per heavy atom. The number of carbonyl (C=O) groups excluding carboxylic acids is 2. The van der Waals surface area contributed by atoms with Crippen molar-refractivity contribution in [2.75, 3.05) is 0 Å². The summed E-state index contributed by atoms with van der Waals surface area (Å²) in [6, 6.07) is 10.2. The average Bonchev–Trinajstić information content (AvgIpc) is 2.63. The Labute approximate surface area is 144 Å². The van der Waals surface area contributed by atoms with Crippen LogP contribution in [-0.4, -0.2) is 17.2 Å². The summed E-state index contributed by atoms with van der Waals surface area (Å²) >= 11 is 0. The molecule has 0 saturated heterocycles. The van der Waals surface area contributed by atoms with Gasteiger partial charge in [0.25, 0.3) is 5.91 Å². The molecule has 0 spiro atoms. The third kappa shape index (κ3) is 5.46. The van der Waals surface area contributed by atoms with Crippen molar-refractivity contribution in [3.8, 4) is 0 Å². The minimum atomic E-state index is -0.405. The van der Waals surface area contributed by atoms with Crippen LogP contribution in [0.4, 0.5) is 5.69 Å². The predicted molar refractivity (Wildman–Crippen MR) is 94.7 cm³/mol. The molecule has 0 bridgehead atoms. The van der Waals surface area contributed by atoms with Crippen LogP contribution in [0.5, 0.6) is 0 Å². The van der Waals surface area contributed by atoms with Crippen molar-refractivity contribution >= 4 is 24.0 Å². The highest BCUT2D eigenvalue weighted by molar-refractivity contribution is 5.98. The highest BCUT2D eigenvalue weighted by Gasteiger charge is 2.07. The lowest BCUT2D eigenvalue weighted by Crippen LogP contribution is -2.23. The second kappa shape index (κ2) is 8.81. The molecule has 0 aliphatic rings. The molecule has 0 fully saturated rings. The van der Waals surface area contributed by atoms with Crippen LogP contribution in [0.3, 0.4) is 0 Å². The van der Waals surface area contributed by atoms with Crippen molar-refractivity contribution in [1.29, 1.82) is 0 Å². The maximum Gasteiger partial charge on any atom is 0.257 e. The minimum Gasteiger partial charge on any atom is -0.319 e. The van der Waals surface area contributed by atoms with Gasteiger partial charge in [-0.15, -0.1) is 0 Å². The number of nitrogens with one attached hydrogen (secondary N) is 1. The Bertz CT molecular complexity index is 864. The molecule has 1 heterocycles. The van der Waals surface area contributed by atoms with Crippen molar-refractivity contribution in [3.05, 3.63) is 87.7 Å². The first-order valence-corrected chi connectivity index (χ1v) is 7.34. The first-order chi connectivity index (χ1) is 12.1. The molecule has 0 radical (unpaired) electrons. The summed E-state index contributed by atoms with van der Waals surface area (Å²) in [7, 11) is 0. The first-order valence-electron chi connectivity index (χ1n) is 7.34. The van der Waals surface area contributed by atoms with Crippen LogP contribution < -0.4 is 5.32 Å². The molecule has 1 amide bonds. The van der Waals surface area contributed by atoms with Crippen molar-refractivity contribution in [3.63, 3.8) is 0 Å². The molecule has 7 heteroatoms. The van der Waals surface area contributed by atoms with Gasteiger partial charge in [-0.05, 0) is 41.8 Å². The maximum atomic E-state index is 12.0. The van der Waals surface area contributed by atoms with E-state index in [1.807, 2.05) is 6.08 Å². The lowest BCUT2D eigenvalue weighted by molar-refractivity contribution is -0.105. The molecule has 0 aliphatic carbocycles. The Kier molecular flexibility index (Phi) is 6.22. The molecule has 0 aliphatic heterocycles. The van der Waals surface area contributed by atoms with E-state index < -0.39 is 5.91 Å². The van der Waals surface area contributed by atoms with E-state index in [1.165, 1.54) is 6.20 Å². The number of amides is 1. The van der Waals surface area contributed by atoms with E-state index in [1.54, 1.807) is 55.6 Å². The van der Waals surface area contributed by atoms with Crippen LogP contribution in [0.15, 0.2) is 71.3 Å². The van der Waals surface area contributed by atoms with Crippen LogP contribution in [0, 0.1) is 0 Å². The number of rotatable bonds is 6. The molecule has 0 saturated carbocycles. The van der Waals surface area contributed by atoms with Crippen LogP contribution in [0.25, 0.3) is 16.5 Å². The summed E-state index contributed by atoms with van der Waals surface area (Å²) in [5.74, 6) is -0.405. The van der Waals surface area contributed by atoms with Gasteiger partial charge in [0.15, 0.2) is 6.29 Å². The largest absolute Gasteiger partial charge is 0.319 e. The molecule has 7 nitrogen and oxygen atoms in total. The zero-order chi connectivity index (χ0) is 18.1. The fourth-order valence-electron chi connectivity index (χ4n) is 2.04. The van der Waals surface area contributed by atoms with E-state index in [4.69, 9.17) is 5.53 Å². The third-order valence-electron chi connectivity index (χ3n) is 3.14. The Morgan fingerprint density at radius 1 is 1.28 bits per heavy atom. The molecular formula is C18H15N5O2. The number of aldehydes is 1. The van der Waals surface area contributed by atoms with Crippen LogP contribution >= 0.6 is 0 Å². The van der Waals surface area contributed by atoms with Gasteiger partial charge in [0.05, 0.1) is 11.3 Å². The Morgan fingerprint density at radius 3 is 2.64 bits per heavy atom. The highest BCUT2D eigenvalue weighted by Crippen LogP contribution is 2.15.